The maximum Gasteiger partial charge on any atom is 0.143 e. The summed E-state index contributed by atoms with van der Waals surface area (Å²) in [5, 5.41) is 15.5. The van der Waals surface area contributed by atoms with Crippen LogP contribution in [0.2, 0.25) is 0 Å². The number of fused-ring (bicyclic) bond motifs is 2. The van der Waals surface area contributed by atoms with Crippen molar-refractivity contribution in [2.24, 2.45) is 5.92 Å². The van der Waals surface area contributed by atoms with Crippen LogP contribution >= 0.6 is 15.9 Å². The molecule has 2 aliphatic rings. The molecule has 3 aromatic rings. The van der Waals surface area contributed by atoms with Crippen LogP contribution in [0.1, 0.15) is 36.2 Å². The molecule has 7 heteroatoms. The maximum absolute atomic E-state index is 11.0. The van der Waals surface area contributed by atoms with Gasteiger partial charge in [0.05, 0.1) is 11.8 Å². The van der Waals surface area contributed by atoms with Crippen LogP contribution in [0.5, 0.6) is 5.75 Å². The van der Waals surface area contributed by atoms with Crippen molar-refractivity contribution in [2.45, 2.75) is 51.5 Å². The van der Waals surface area contributed by atoms with Crippen molar-refractivity contribution in [3.8, 4) is 5.75 Å². The largest absolute Gasteiger partial charge is 0.487 e. The summed E-state index contributed by atoms with van der Waals surface area (Å²) < 4.78 is 9.64. The van der Waals surface area contributed by atoms with Gasteiger partial charge in [-0.2, -0.15) is 0 Å². The van der Waals surface area contributed by atoms with Crippen LogP contribution in [0.3, 0.4) is 0 Å². The topological polar surface area (TPSA) is 72.2 Å². The number of ether oxygens (including phenoxy) is 1. The number of aliphatic hydroxyl groups excluding tert-OH is 1. The Labute approximate surface area is 178 Å². The fourth-order valence-corrected chi connectivity index (χ4v) is 5.29. The molecule has 2 unspecified atom stereocenters. The summed E-state index contributed by atoms with van der Waals surface area (Å²) in [6, 6.07) is 6.39. The molecule has 0 spiro atoms. The van der Waals surface area contributed by atoms with Gasteiger partial charge in [0.1, 0.15) is 23.8 Å². The molecule has 152 valence electrons. The molecular weight excluding hydrogens is 432 g/mol. The van der Waals surface area contributed by atoms with Crippen LogP contribution in [0.4, 0.5) is 0 Å². The number of hydrogen-bond donors (Lipinski definition) is 2. The summed E-state index contributed by atoms with van der Waals surface area (Å²) in [4.78, 5) is 8.79. The number of halogens is 1. The van der Waals surface area contributed by atoms with Crippen molar-refractivity contribution in [3.63, 3.8) is 0 Å². The standard InChI is InChI=1S/C22H25BrN4O2/c1-12-18(27-6-4-16-13(2)25-11-26-22(16)27)9-20(21(12)28)29-19-8-15(23)7-14-3-5-24-10-17(14)19/h4,6-8,11-12,18,20-21,24,28H,3,5,9-10H2,1-2H3/t12-,18?,20?,21-/m0/s1. The number of rotatable bonds is 3. The summed E-state index contributed by atoms with van der Waals surface area (Å²) in [6.45, 7) is 5.88. The highest BCUT2D eigenvalue weighted by Crippen LogP contribution is 2.41. The molecule has 0 amide bonds. The van der Waals surface area contributed by atoms with E-state index in [1.807, 2.05) is 13.0 Å². The minimum atomic E-state index is -0.536. The lowest BCUT2D eigenvalue weighted by Crippen LogP contribution is -2.31. The third-order valence-corrected chi connectivity index (χ3v) is 6.94. The van der Waals surface area contributed by atoms with E-state index >= 15 is 0 Å². The maximum atomic E-state index is 11.0. The van der Waals surface area contributed by atoms with Gasteiger partial charge in [-0.25, -0.2) is 9.97 Å². The van der Waals surface area contributed by atoms with Gasteiger partial charge in [-0.3, -0.25) is 0 Å². The molecule has 2 aromatic heterocycles. The first-order valence-corrected chi connectivity index (χ1v) is 11.0. The van der Waals surface area contributed by atoms with Crippen LogP contribution in [0, 0.1) is 12.8 Å². The Hall–Kier alpha value is -1.96. The summed E-state index contributed by atoms with van der Waals surface area (Å²) in [6.07, 6.45) is 4.62. The van der Waals surface area contributed by atoms with Crippen LogP contribution in [0.25, 0.3) is 11.0 Å². The average Bonchev–Trinajstić information content (AvgIpc) is 3.25. The molecule has 0 bridgehead atoms. The average molecular weight is 457 g/mol. The number of aryl methyl sites for hydroxylation is 1. The van der Waals surface area contributed by atoms with Crippen LogP contribution < -0.4 is 10.1 Å². The molecule has 5 rings (SSSR count). The number of aliphatic hydroxyl groups is 1. The molecule has 0 radical (unpaired) electrons. The van der Waals surface area contributed by atoms with Crippen molar-refractivity contribution in [3.05, 3.63) is 52.0 Å². The van der Waals surface area contributed by atoms with Gasteiger partial charge in [-0.05, 0) is 43.7 Å². The zero-order chi connectivity index (χ0) is 20.1. The second-order valence-corrected chi connectivity index (χ2v) is 9.11. The van der Waals surface area contributed by atoms with Crippen molar-refractivity contribution < 1.29 is 9.84 Å². The van der Waals surface area contributed by atoms with Gasteiger partial charge in [0.15, 0.2) is 0 Å². The lowest BCUT2D eigenvalue weighted by atomic mass is 10.00. The van der Waals surface area contributed by atoms with Gasteiger partial charge >= 0.3 is 0 Å². The van der Waals surface area contributed by atoms with E-state index < -0.39 is 6.10 Å². The number of nitrogens with one attached hydrogen (secondary N) is 1. The highest BCUT2D eigenvalue weighted by atomic mass is 79.9. The van der Waals surface area contributed by atoms with Gasteiger partial charge in [0, 0.05) is 46.5 Å². The second kappa shape index (κ2) is 7.38. The summed E-state index contributed by atoms with van der Waals surface area (Å²) in [5.41, 5.74) is 4.42. The van der Waals surface area contributed by atoms with Crippen molar-refractivity contribution in [1.29, 1.82) is 0 Å². The predicted molar refractivity (Wildman–Crippen MR) is 115 cm³/mol. The number of nitrogens with zero attached hydrogens (tertiary/aromatic N) is 3. The molecule has 4 atom stereocenters. The Morgan fingerprint density at radius 3 is 3.03 bits per heavy atom. The molecule has 1 saturated carbocycles. The highest BCUT2D eigenvalue weighted by molar-refractivity contribution is 9.10. The lowest BCUT2D eigenvalue weighted by molar-refractivity contribution is 0.0372. The zero-order valence-corrected chi connectivity index (χ0v) is 18.2. The Bertz CT molecular complexity index is 1070. The molecule has 1 aromatic carbocycles. The second-order valence-electron chi connectivity index (χ2n) is 8.20. The molecule has 1 aliphatic heterocycles. The molecule has 0 saturated heterocycles. The molecule has 1 fully saturated rings. The minimum Gasteiger partial charge on any atom is -0.487 e. The Kier molecular flexibility index (Phi) is 4.84. The van der Waals surface area contributed by atoms with Gasteiger partial charge < -0.3 is 19.7 Å². The minimum absolute atomic E-state index is 0.0620. The molecule has 1 aliphatic carbocycles. The molecule has 3 heterocycles. The van der Waals surface area contributed by atoms with E-state index in [1.165, 1.54) is 11.1 Å². The van der Waals surface area contributed by atoms with Crippen LogP contribution in [-0.4, -0.2) is 38.4 Å². The van der Waals surface area contributed by atoms with Gasteiger partial charge in [0.2, 0.25) is 0 Å². The van der Waals surface area contributed by atoms with Crippen molar-refractivity contribution in [1.82, 2.24) is 19.9 Å². The van der Waals surface area contributed by atoms with E-state index in [2.05, 4.69) is 61.0 Å². The molecule has 2 N–H and O–H groups in total. The summed E-state index contributed by atoms with van der Waals surface area (Å²) in [5.74, 6) is 0.931. The Balaban J connectivity index is 1.45. The highest BCUT2D eigenvalue weighted by Gasteiger charge is 2.43. The number of benzene rings is 1. The fourth-order valence-electron chi connectivity index (χ4n) is 4.80. The Morgan fingerprint density at radius 1 is 1.31 bits per heavy atom. The van der Waals surface area contributed by atoms with Crippen LogP contribution in [-0.2, 0) is 13.0 Å². The SMILES string of the molecule is Cc1ncnc2c1ccn2C1CC(Oc2cc(Br)cc3c2CNCC3)[C@@H](O)[C@H]1C. The van der Waals surface area contributed by atoms with E-state index in [1.54, 1.807) is 6.33 Å². The lowest BCUT2D eigenvalue weighted by Gasteiger charge is -2.25. The van der Waals surface area contributed by atoms with E-state index in [-0.39, 0.29) is 18.1 Å². The normalized spacial score (nSPS) is 26.6. The third-order valence-electron chi connectivity index (χ3n) is 6.48. The van der Waals surface area contributed by atoms with E-state index in [4.69, 9.17) is 4.74 Å². The van der Waals surface area contributed by atoms with Crippen LogP contribution in [0.15, 0.2) is 35.2 Å². The first-order valence-electron chi connectivity index (χ1n) is 10.2. The Morgan fingerprint density at radius 2 is 2.17 bits per heavy atom. The van der Waals surface area contributed by atoms with E-state index in [9.17, 15) is 5.11 Å². The van der Waals surface area contributed by atoms with Crippen molar-refractivity contribution >= 4 is 27.0 Å². The third kappa shape index (κ3) is 3.25. The van der Waals surface area contributed by atoms with Gasteiger partial charge in [-0.15, -0.1) is 0 Å². The van der Waals surface area contributed by atoms with Gasteiger partial charge in [0.25, 0.3) is 0 Å². The van der Waals surface area contributed by atoms with E-state index in [0.717, 1.165) is 52.9 Å². The monoisotopic (exact) mass is 456 g/mol. The number of hydrogen-bond acceptors (Lipinski definition) is 5. The zero-order valence-electron chi connectivity index (χ0n) is 16.6. The molecule has 6 nitrogen and oxygen atoms in total. The first-order chi connectivity index (χ1) is 14.0. The fraction of sp³-hybridized carbons (Fsp3) is 0.455. The molecule has 29 heavy (non-hydrogen) atoms. The molecular formula is C22H25BrN4O2. The van der Waals surface area contributed by atoms with Crippen molar-refractivity contribution in [2.75, 3.05) is 6.54 Å². The van der Waals surface area contributed by atoms with Gasteiger partial charge in [-0.1, -0.05) is 22.9 Å². The predicted octanol–water partition coefficient (Wildman–Crippen LogP) is 3.54. The first kappa shape index (κ1) is 19.0. The summed E-state index contributed by atoms with van der Waals surface area (Å²) >= 11 is 3.61. The quantitative estimate of drug-likeness (QED) is 0.630. The van der Waals surface area contributed by atoms with E-state index in [0.29, 0.717) is 0 Å². The smallest absolute Gasteiger partial charge is 0.143 e. The number of aromatic nitrogens is 3. The summed E-state index contributed by atoms with van der Waals surface area (Å²) in [7, 11) is 0.